The molecule has 34 heavy (non-hydrogen) atoms. The van der Waals surface area contributed by atoms with Crippen molar-refractivity contribution in [3.05, 3.63) is 56.3 Å². The van der Waals surface area contributed by atoms with Crippen LogP contribution in [0.2, 0.25) is 0 Å². The van der Waals surface area contributed by atoms with E-state index in [0.29, 0.717) is 0 Å². The predicted molar refractivity (Wildman–Crippen MR) is 111 cm³/mol. The Labute approximate surface area is 211 Å². The van der Waals surface area contributed by atoms with Crippen LogP contribution in [-0.4, -0.2) is 37.0 Å². The van der Waals surface area contributed by atoms with Gasteiger partial charge in [-0.3, -0.25) is 0 Å². The molecule has 0 atom stereocenters. The molecule has 0 fully saturated rings. The number of hydrogen-bond acceptors (Lipinski definition) is 7. The molecule has 1 heterocycles. The monoisotopic (exact) mass is 646 g/mol. The van der Waals surface area contributed by atoms with Gasteiger partial charge in [-0.05, 0) is 85.7 Å². The second-order valence-corrected chi connectivity index (χ2v) is 9.90. The second kappa shape index (κ2) is 14.5. The largest absolute Gasteiger partial charge is 2.00 e. The third-order valence-electron chi connectivity index (χ3n) is 4.37. The SMILES string of the molecule is Cc1c(C)c(C)c(C)c(C)c1C.O=S(=O)([O-])C(F)(F)F.O=S(=O)([O-])C(F)(F)F.[Ru+2].c1ccsc1. The van der Waals surface area contributed by atoms with E-state index < -0.39 is 31.3 Å². The van der Waals surface area contributed by atoms with Gasteiger partial charge in [-0.1, -0.05) is 12.1 Å². The molecule has 0 bridgehead atoms. The Morgan fingerprint density at radius 2 is 0.735 bits per heavy atom. The quantitative estimate of drug-likeness (QED) is 0.164. The molecule has 0 radical (unpaired) electrons. The Hall–Kier alpha value is -1.06. The van der Waals surface area contributed by atoms with Gasteiger partial charge in [-0.2, -0.15) is 37.7 Å². The minimum Gasteiger partial charge on any atom is -0.741 e. The number of alkyl halides is 6. The second-order valence-electron chi connectivity index (χ2n) is 6.34. The van der Waals surface area contributed by atoms with Crippen LogP contribution in [0.25, 0.3) is 0 Å². The van der Waals surface area contributed by atoms with Gasteiger partial charge < -0.3 is 9.11 Å². The molecule has 2 rings (SSSR count). The number of rotatable bonds is 0. The first-order valence-electron chi connectivity index (χ1n) is 8.51. The van der Waals surface area contributed by atoms with Crippen molar-refractivity contribution in [2.45, 2.75) is 52.6 Å². The Bertz CT molecular complexity index is 930. The van der Waals surface area contributed by atoms with Crippen LogP contribution in [0.3, 0.4) is 0 Å². The fourth-order valence-electron chi connectivity index (χ4n) is 1.91. The van der Waals surface area contributed by atoms with Crippen LogP contribution in [-0.2, 0) is 39.7 Å². The zero-order valence-electron chi connectivity index (χ0n) is 18.6. The van der Waals surface area contributed by atoms with Crippen LogP contribution in [0.15, 0.2) is 22.9 Å². The van der Waals surface area contributed by atoms with Crippen LogP contribution in [0, 0.1) is 41.5 Å². The van der Waals surface area contributed by atoms with Crippen LogP contribution < -0.4 is 0 Å². The summed E-state index contributed by atoms with van der Waals surface area (Å²) in [5.41, 5.74) is -2.57. The van der Waals surface area contributed by atoms with Gasteiger partial charge in [-0.15, -0.1) is 0 Å². The third-order valence-corrected chi connectivity index (χ3v) is 6.13. The van der Waals surface area contributed by atoms with E-state index in [2.05, 4.69) is 41.5 Å². The van der Waals surface area contributed by atoms with Gasteiger partial charge in [0, 0.05) is 0 Å². The predicted octanol–water partition coefficient (Wildman–Crippen LogP) is 5.39. The third kappa shape index (κ3) is 13.1. The number of benzene rings is 1. The Morgan fingerprint density at radius 1 is 0.588 bits per heavy atom. The maximum absolute atomic E-state index is 10.7. The van der Waals surface area contributed by atoms with E-state index >= 15 is 0 Å². The summed E-state index contributed by atoms with van der Waals surface area (Å²) < 4.78 is 118. The summed E-state index contributed by atoms with van der Waals surface area (Å²) >= 11 is 1.71. The van der Waals surface area contributed by atoms with E-state index in [0.717, 1.165) is 0 Å². The molecule has 2 aromatic rings. The first-order valence-corrected chi connectivity index (χ1v) is 12.3. The molecule has 0 aliphatic heterocycles. The van der Waals surface area contributed by atoms with Gasteiger partial charge in [0.15, 0.2) is 20.2 Å². The zero-order valence-corrected chi connectivity index (χ0v) is 22.8. The number of hydrogen-bond donors (Lipinski definition) is 0. The molecule has 1 aromatic carbocycles. The van der Waals surface area contributed by atoms with E-state index in [1.165, 1.54) is 33.4 Å². The van der Waals surface area contributed by atoms with Crippen LogP contribution in [0.4, 0.5) is 26.3 Å². The number of halogens is 6. The first kappa shape index (κ1) is 37.5. The Morgan fingerprint density at radius 3 is 0.794 bits per heavy atom. The zero-order chi connectivity index (χ0) is 27.0. The van der Waals surface area contributed by atoms with Crippen molar-refractivity contribution in [2.24, 2.45) is 0 Å². The van der Waals surface area contributed by atoms with Gasteiger partial charge >= 0.3 is 30.5 Å². The molecule has 0 aliphatic carbocycles. The Balaban J connectivity index is -0.000000389. The summed E-state index contributed by atoms with van der Waals surface area (Å²) in [5, 5.41) is 4.08. The smallest absolute Gasteiger partial charge is 0.741 e. The van der Waals surface area contributed by atoms with E-state index in [1.807, 2.05) is 22.9 Å². The van der Waals surface area contributed by atoms with Crippen molar-refractivity contribution >= 4 is 31.6 Å². The molecule has 0 saturated carbocycles. The van der Waals surface area contributed by atoms with Gasteiger partial charge in [0.2, 0.25) is 0 Å². The van der Waals surface area contributed by atoms with Crippen molar-refractivity contribution in [1.29, 1.82) is 0 Å². The topological polar surface area (TPSA) is 114 Å². The molecule has 0 N–H and O–H groups in total. The molecule has 0 unspecified atom stereocenters. The fourth-order valence-corrected chi connectivity index (χ4v) is 2.37. The fraction of sp³-hybridized carbons (Fsp3) is 0.444. The maximum atomic E-state index is 10.7. The average Bonchev–Trinajstić information content (AvgIpc) is 3.21. The van der Waals surface area contributed by atoms with Gasteiger partial charge in [0.1, 0.15) is 0 Å². The van der Waals surface area contributed by atoms with Gasteiger partial charge in [0.25, 0.3) is 0 Å². The Kier molecular flexibility index (Phi) is 16.0. The van der Waals surface area contributed by atoms with E-state index in [4.69, 9.17) is 25.9 Å². The molecule has 16 heteroatoms. The van der Waals surface area contributed by atoms with Crippen molar-refractivity contribution in [2.75, 3.05) is 0 Å². The molecule has 0 saturated heterocycles. The molecule has 198 valence electrons. The first-order chi connectivity index (χ1) is 14.5. The standard InChI is InChI=1S/C12H18.C4H4S.2CHF3O3S.Ru/c1-7-8(2)10(4)12(6)11(5)9(7)3;1-2-4-5-3-1;2*2-1(3,4)8(5,6)7;/h1-6H3;1-4H;2*(H,5,6,7);/q;;;;+2/p-2. The molecular weight excluding hydrogens is 623 g/mol. The minimum atomic E-state index is -6.09. The summed E-state index contributed by atoms with van der Waals surface area (Å²) in [4.78, 5) is 0. The molecule has 6 nitrogen and oxygen atoms in total. The van der Waals surface area contributed by atoms with E-state index in [1.54, 1.807) is 11.3 Å². The summed E-state index contributed by atoms with van der Waals surface area (Å²) in [6.07, 6.45) is 0. The molecular formula is C18H22F6O6RuS3. The van der Waals surface area contributed by atoms with Crippen LogP contribution >= 0.6 is 11.3 Å². The molecule has 0 spiro atoms. The van der Waals surface area contributed by atoms with Gasteiger partial charge in [-0.25, -0.2) is 16.8 Å². The van der Waals surface area contributed by atoms with E-state index in [9.17, 15) is 26.3 Å². The van der Waals surface area contributed by atoms with Crippen LogP contribution in [0.1, 0.15) is 33.4 Å². The average molecular weight is 646 g/mol. The number of thiophene rings is 1. The van der Waals surface area contributed by atoms with Crippen molar-refractivity contribution in [3.8, 4) is 0 Å². The van der Waals surface area contributed by atoms with Crippen molar-refractivity contribution in [1.82, 2.24) is 0 Å². The summed E-state index contributed by atoms with van der Waals surface area (Å²) in [6, 6.07) is 4.04. The maximum Gasteiger partial charge on any atom is 2.00 e. The molecule has 1 aromatic heterocycles. The van der Waals surface area contributed by atoms with Crippen molar-refractivity contribution < 1.29 is 71.8 Å². The summed E-state index contributed by atoms with van der Waals surface area (Å²) in [5.74, 6) is 0. The van der Waals surface area contributed by atoms with Crippen LogP contribution in [0.5, 0.6) is 0 Å². The minimum absolute atomic E-state index is 0. The normalized spacial score (nSPS) is 11.5. The summed E-state index contributed by atoms with van der Waals surface area (Å²) in [6.45, 7) is 13.3. The van der Waals surface area contributed by atoms with E-state index in [-0.39, 0.29) is 19.5 Å². The molecule has 0 aliphatic rings. The molecule has 0 amide bonds. The summed E-state index contributed by atoms with van der Waals surface area (Å²) in [7, 11) is -12.2. The van der Waals surface area contributed by atoms with Gasteiger partial charge in [0.05, 0.1) is 0 Å². The van der Waals surface area contributed by atoms with Crippen molar-refractivity contribution in [3.63, 3.8) is 0 Å².